The van der Waals surface area contributed by atoms with Crippen LogP contribution in [0.1, 0.15) is 11.1 Å². The first kappa shape index (κ1) is 10.6. The molecule has 1 aliphatic rings. The smallest absolute Gasteiger partial charge is 0.138 e. The van der Waals surface area contributed by atoms with Crippen molar-refractivity contribution in [3.63, 3.8) is 0 Å². The first-order valence-corrected chi connectivity index (χ1v) is 6.63. The Morgan fingerprint density at radius 1 is 1.11 bits per heavy atom. The lowest BCUT2D eigenvalue weighted by Crippen LogP contribution is -1.91. The summed E-state index contributed by atoms with van der Waals surface area (Å²) in [6.07, 6.45) is 1.12. The summed E-state index contributed by atoms with van der Waals surface area (Å²) in [5.74, 6) is 0.942. The minimum atomic E-state index is 0.942. The highest BCUT2D eigenvalue weighted by atomic mass is 14.9. The zero-order chi connectivity index (χ0) is 12.8. The number of fused-ring (bicyclic) bond motifs is 2. The number of H-pyrrole nitrogens is 1. The van der Waals surface area contributed by atoms with Gasteiger partial charge in [0.1, 0.15) is 5.82 Å². The number of aryl methyl sites for hydroxylation is 1. The van der Waals surface area contributed by atoms with Crippen molar-refractivity contribution in [1.29, 1.82) is 0 Å². The van der Waals surface area contributed by atoms with Crippen LogP contribution in [0.4, 0.5) is 5.69 Å². The summed E-state index contributed by atoms with van der Waals surface area (Å²) in [6, 6.07) is 12.8. The third-order valence-corrected chi connectivity index (χ3v) is 3.73. The molecule has 3 heteroatoms. The minimum absolute atomic E-state index is 0.942. The van der Waals surface area contributed by atoms with Crippen molar-refractivity contribution in [2.24, 2.45) is 0 Å². The molecule has 0 spiro atoms. The van der Waals surface area contributed by atoms with Gasteiger partial charge in [-0.25, -0.2) is 4.98 Å². The average molecular weight is 249 g/mol. The van der Waals surface area contributed by atoms with Gasteiger partial charge in [-0.05, 0) is 42.7 Å². The van der Waals surface area contributed by atoms with Gasteiger partial charge in [-0.15, -0.1) is 0 Å². The Hall–Kier alpha value is -2.29. The van der Waals surface area contributed by atoms with Gasteiger partial charge in [0.2, 0.25) is 0 Å². The fourth-order valence-corrected chi connectivity index (χ4v) is 2.70. The Balaban J connectivity index is 1.85. The van der Waals surface area contributed by atoms with E-state index in [4.69, 9.17) is 0 Å². The molecule has 0 fully saturated rings. The second-order valence-corrected chi connectivity index (χ2v) is 5.15. The van der Waals surface area contributed by atoms with Crippen molar-refractivity contribution in [1.82, 2.24) is 9.97 Å². The maximum atomic E-state index is 4.67. The zero-order valence-electron chi connectivity index (χ0n) is 10.8. The molecule has 0 radical (unpaired) electrons. The van der Waals surface area contributed by atoms with Crippen molar-refractivity contribution in [2.45, 2.75) is 13.3 Å². The number of imidazole rings is 1. The first-order valence-electron chi connectivity index (χ1n) is 6.63. The molecule has 2 aromatic carbocycles. The second-order valence-electron chi connectivity index (χ2n) is 5.15. The fraction of sp³-hybridized carbons (Fsp3) is 0.188. The van der Waals surface area contributed by atoms with Gasteiger partial charge in [0.05, 0.1) is 11.0 Å². The van der Waals surface area contributed by atoms with Gasteiger partial charge in [0.15, 0.2) is 0 Å². The Labute approximate surface area is 111 Å². The van der Waals surface area contributed by atoms with E-state index >= 15 is 0 Å². The monoisotopic (exact) mass is 249 g/mol. The van der Waals surface area contributed by atoms with E-state index in [0.29, 0.717) is 0 Å². The molecule has 3 nitrogen and oxygen atoms in total. The quantitative estimate of drug-likeness (QED) is 0.693. The van der Waals surface area contributed by atoms with E-state index < -0.39 is 0 Å². The normalized spacial score (nSPS) is 13.5. The molecule has 0 amide bonds. The zero-order valence-corrected chi connectivity index (χ0v) is 10.8. The lowest BCUT2D eigenvalue weighted by molar-refractivity contribution is 1.11. The first-order chi connectivity index (χ1) is 9.29. The summed E-state index contributed by atoms with van der Waals surface area (Å²) in [5.41, 5.74) is 7.16. The van der Waals surface area contributed by atoms with Gasteiger partial charge in [-0.1, -0.05) is 18.2 Å². The van der Waals surface area contributed by atoms with E-state index in [1.165, 1.54) is 16.8 Å². The predicted molar refractivity (Wildman–Crippen MR) is 78.5 cm³/mol. The number of anilines is 1. The molecule has 1 aliphatic heterocycles. The third-order valence-electron chi connectivity index (χ3n) is 3.73. The van der Waals surface area contributed by atoms with Crippen LogP contribution < -0.4 is 5.32 Å². The average Bonchev–Trinajstić information content (AvgIpc) is 3.02. The van der Waals surface area contributed by atoms with E-state index in [2.05, 4.69) is 58.6 Å². The van der Waals surface area contributed by atoms with Gasteiger partial charge >= 0.3 is 0 Å². The van der Waals surface area contributed by atoms with Gasteiger partial charge in [0.25, 0.3) is 0 Å². The van der Waals surface area contributed by atoms with E-state index in [0.717, 1.165) is 35.4 Å². The van der Waals surface area contributed by atoms with Crippen LogP contribution in [0.5, 0.6) is 0 Å². The molecule has 0 atom stereocenters. The van der Waals surface area contributed by atoms with E-state index in [-0.39, 0.29) is 0 Å². The van der Waals surface area contributed by atoms with Gasteiger partial charge in [-0.2, -0.15) is 0 Å². The molecular weight excluding hydrogens is 234 g/mol. The molecule has 4 rings (SSSR count). The van der Waals surface area contributed by atoms with Crippen LogP contribution in [0, 0.1) is 6.92 Å². The van der Waals surface area contributed by atoms with Crippen LogP contribution in [0.2, 0.25) is 0 Å². The molecule has 0 saturated carbocycles. The Morgan fingerprint density at radius 3 is 3.00 bits per heavy atom. The lowest BCUT2D eigenvalue weighted by Gasteiger charge is -2.02. The molecule has 0 saturated heterocycles. The minimum Gasteiger partial charge on any atom is -0.384 e. The van der Waals surface area contributed by atoms with Gasteiger partial charge in [-0.3, -0.25) is 0 Å². The number of hydrogen-bond acceptors (Lipinski definition) is 2. The Bertz CT molecular complexity index is 771. The molecule has 0 aliphatic carbocycles. The van der Waals surface area contributed by atoms with Crippen LogP contribution in [0.3, 0.4) is 0 Å². The molecule has 0 unspecified atom stereocenters. The third kappa shape index (κ3) is 1.70. The van der Waals surface area contributed by atoms with E-state index in [1.54, 1.807) is 0 Å². The number of rotatable bonds is 1. The van der Waals surface area contributed by atoms with Crippen molar-refractivity contribution >= 4 is 16.7 Å². The predicted octanol–water partition coefficient (Wildman–Crippen LogP) is 3.51. The molecule has 2 heterocycles. The number of nitrogens with zero attached hydrogens (tertiary/aromatic N) is 1. The topological polar surface area (TPSA) is 40.7 Å². The number of benzene rings is 2. The molecule has 1 aromatic heterocycles. The number of aromatic amines is 1. The molecule has 19 heavy (non-hydrogen) atoms. The maximum Gasteiger partial charge on any atom is 0.138 e. The van der Waals surface area contributed by atoms with Crippen LogP contribution in [0.15, 0.2) is 36.4 Å². The van der Waals surface area contributed by atoms with Crippen LogP contribution in [0.25, 0.3) is 22.4 Å². The highest BCUT2D eigenvalue weighted by Crippen LogP contribution is 2.28. The maximum absolute atomic E-state index is 4.67. The molecule has 94 valence electrons. The van der Waals surface area contributed by atoms with Gasteiger partial charge < -0.3 is 10.3 Å². The van der Waals surface area contributed by atoms with Crippen molar-refractivity contribution in [3.8, 4) is 11.4 Å². The number of hydrogen-bond donors (Lipinski definition) is 2. The van der Waals surface area contributed by atoms with E-state index in [1.807, 2.05) is 0 Å². The summed E-state index contributed by atoms with van der Waals surface area (Å²) >= 11 is 0. The fourth-order valence-electron chi connectivity index (χ4n) is 2.70. The highest BCUT2D eigenvalue weighted by Gasteiger charge is 2.12. The molecule has 3 aromatic rings. The molecule has 2 N–H and O–H groups in total. The largest absolute Gasteiger partial charge is 0.384 e. The van der Waals surface area contributed by atoms with Crippen molar-refractivity contribution in [3.05, 3.63) is 47.5 Å². The Kier molecular flexibility index (Phi) is 2.15. The summed E-state index contributed by atoms with van der Waals surface area (Å²) in [7, 11) is 0. The summed E-state index contributed by atoms with van der Waals surface area (Å²) < 4.78 is 0. The number of nitrogens with one attached hydrogen (secondary N) is 2. The summed E-state index contributed by atoms with van der Waals surface area (Å²) in [5, 5.41) is 3.41. The van der Waals surface area contributed by atoms with Crippen molar-refractivity contribution in [2.75, 3.05) is 11.9 Å². The second kappa shape index (κ2) is 3.85. The summed E-state index contributed by atoms with van der Waals surface area (Å²) in [6.45, 7) is 3.14. The van der Waals surface area contributed by atoms with Crippen LogP contribution >= 0.6 is 0 Å². The van der Waals surface area contributed by atoms with Crippen LogP contribution in [-0.4, -0.2) is 16.5 Å². The van der Waals surface area contributed by atoms with Crippen LogP contribution in [-0.2, 0) is 6.42 Å². The highest BCUT2D eigenvalue weighted by molar-refractivity contribution is 5.81. The standard InChI is InChI=1S/C16H15N3/c1-10-2-5-13-15(8-10)19-16(18-13)12-4-3-11-6-7-17-14(11)9-12/h2-5,8-9,17H,6-7H2,1H3,(H,18,19). The van der Waals surface area contributed by atoms with E-state index in [9.17, 15) is 0 Å². The SMILES string of the molecule is Cc1ccc2nc(-c3ccc4c(c3)NCC4)[nH]c2c1. The Morgan fingerprint density at radius 2 is 2.05 bits per heavy atom. The lowest BCUT2D eigenvalue weighted by atomic mass is 10.1. The molecular formula is C16H15N3. The van der Waals surface area contributed by atoms with Gasteiger partial charge in [0, 0.05) is 17.8 Å². The number of aromatic nitrogens is 2. The molecule has 0 bridgehead atoms. The van der Waals surface area contributed by atoms with Crippen molar-refractivity contribution < 1.29 is 0 Å². The summed E-state index contributed by atoms with van der Waals surface area (Å²) in [4.78, 5) is 8.07.